The molecule has 0 radical (unpaired) electrons. The van der Waals surface area contributed by atoms with Crippen molar-refractivity contribution in [3.05, 3.63) is 84.2 Å². The van der Waals surface area contributed by atoms with E-state index in [1.54, 1.807) is 4.90 Å². The first-order valence-electron chi connectivity index (χ1n) is 15.8. The van der Waals surface area contributed by atoms with Crippen LogP contribution in [0.2, 0.25) is 0 Å². The van der Waals surface area contributed by atoms with Crippen LogP contribution in [0.3, 0.4) is 0 Å². The van der Waals surface area contributed by atoms with E-state index in [1.807, 2.05) is 59.5 Å². The number of nitrogens with zero attached hydrogens (tertiary/aromatic N) is 3. The fraction of sp³-hybridized carbons (Fsp3) is 0.486. The van der Waals surface area contributed by atoms with Gasteiger partial charge in [0.2, 0.25) is 5.91 Å². The number of rotatable bonds is 8. The van der Waals surface area contributed by atoms with Gasteiger partial charge in [-0.1, -0.05) is 37.3 Å². The zero-order valence-corrected chi connectivity index (χ0v) is 24.6. The molecule has 1 atom stereocenters. The van der Waals surface area contributed by atoms with Crippen LogP contribution in [0.4, 0.5) is 4.79 Å². The van der Waals surface area contributed by atoms with Crippen molar-refractivity contribution in [3.63, 3.8) is 0 Å². The minimum absolute atomic E-state index is 0.0176. The lowest BCUT2D eigenvalue weighted by Gasteiger charge is -2.57. The normalized spacial score (nSPS) is 27.4. The average molecular weight is 567 g/mol. The SMILES string of the molecule is CCCN(CC(=O)N1CCn2cccc2[C@H]1c1cccc(Oc2ccccc2)c1)C(=O)NC12CC3CC(CC(C3)C1)C2. The summed E-state index contributed by atoms with van der Waals surface area (Å²) in [6.07, 6.45) is 10.2. The van der Waals surface area contributed by atoms with Gasteiger partial charge in [-0.15, -0.1) is 0 Å². The highest BCUT2D eigenvalue weighted by molar-refractivity contribution is 5.85. The van der Waals surface area contributed by atoms with E-state index in [9.17, 15) is 9.59 Å². The Morgan fingerprint density at radius 2 is 1.62 bits per heavy atom. The minimum atomic E-state index is -0.254. The van der Waals surface area contributed by atoms with E-state index in [2.05, 4.69) is 35.1 Å². The topological polar surface area (TPSA) is 66.8 Å². The molecule has 4 saturated carbocycles. The third-order valence-electron chi connectivity index (χ3n) is 10.0. The Morgan fingerprint density at radius 3 is 2.33 bits per heavy atom. The zero-order valence-electron chi connectivity index (χ0n) is 24.6. The highest BCUT2D eigenvalue weighted by atomic mass is 16.5. The molecule has 3 amide bonds. The van der Waals surface area contributed by atoms with Gasteiger partial charge in [0.05, 0.1) is 6.04 Å². The van der Waals surface area contributed by atoms with Gasteiger partial charge in [-0.3, -0.25) is 4.79 Å². The number of benzene rings is 2. The summed E-state index contributed by atoms with van der Waals surface area (Å²) in [5.74, 6) is 3.75. The number of hydrogen-bond acceptors (Lipinski definition) is 3. The predicted molar refractivity (Wildman–Crippen MR) is 162 cm³/mol. The Labute approximate surface area is 248 Å². The van der Waals surface area contributed by atoms with E-state index in [0.29, 0.717) is 13.1 Å². The smallest absolute Gasteiger partial charge is 0.318 e. The van der Waals surface area contributed by atoms with Crippen molar-refractivity contribution >= 4 is 11.9 Å². The summed E-state index contributed by atoms with van der Waals surface area (Å²) < 4.78 is 8.37. The van der Waals surface area contributed by atoms with Gasteiger partial charge in [0, 0.05) is 37.1 Å². The van der Waals surface area contributed by atoms with E-state index in [-0.39, 0.29) is 30.1 Å². The van der Waals surface area contributed by atoms with Crippen LogP contribution in [-0.4, -0.2) is 51.5 Å². The molecule has 0 spiro atoms. The lowest BCUT2D eigenvalue weighted by molar-refractivity contribution is -0.134. The second-order valence-electron chi connectivity index (χ2n) is 13.2. The van der Waals surface area contributed by atoms with Crippen molar-refractivity contribution < 1.29 is 14.3 Å². The monoisotopic (exact) mass is 566 g/mol. The number of fused-ring (bicyclic) bond motifs is 1. The summed E-state index contributed by atoms with van der Waals surface area (Å²) in [4.78, 5) is 31.6. The molecule has 2 aromatic carbocycles. The van der Waals surface area contributed by atoms with Crippen molar-refractivity contribution in [1.29, 1.82) is 0 Å². The lowest BCUT2D eigenvalue weighted by atomic mass is 9.53. The number of nitrogens with one attached hydrogen (secondary N) is 1. The maximum Gasteiger partial charge on any atom is 0.318 e. The highest BCUT2D eigenvalue weighted by Gasteiger charge is 2.52. The third kappa shape index (κ3) is 5.30. The van der Waals surface area contributed by atoms with E-state index < -0.39 is 0 Å². The molecule has 1 aliphatic heterocycles. The van der Waals surface area contributed by atoms with Gasteiger partial charge in [0.1, 0.15) is 18.0 Å². The maximum absolute atomic E-state index is 14.1. The Hall–Kier alpha value is -3.74. The quantitative estimate of drug-likeness (QED) is 0.334. The molecule has 7 heteroatoms. The summed E-state index contributed by atoms with van der Waals surface area (Å²) in [5, 5.41) is 3.50. The van der Waals surface area contributed by atoms with Crippen molar-refractivity contribution in [2.24, 2.45) is 17.8 Å². The van der Waals surface area contributed by atoms with E-state index in [0.717, 1.165) is 72.7 Å². The molecule has 1 N–H and O–H groups in total. The standard InChI is InChI=1S/C35H42N4O3/c1-2-13-38(34(41)36-35-21-25-17-26(22-35)19-27(18-25)23-35)24-32(40)39-16-15-37-14-7-12-31(37)33(39)28-8-6-11-30(20-28)42-29-9-4-3-5-10-29/h3-12,14,20,25-27,33H,2,13,15-19,21-24H2,1H3,(H,36,41)/t25?,26?,27?,33-,35?/m1/s1. The fourth-order valence-electron chi connectivity index (χ4n) is 8.72. The summed E-state index contributed by atoms with van der Waals surface area (Å²) >= 11 is 0. The molecule has 220 valence electrons. The minimum Gasteiger partial charge on any atom is -0.457 e. The van der Waals surface area contributed by atoms with Gasteiger partial charge in [0.25, 0.3) is 0 Å². The number of ether oxygens (including phenoxy) is 1. The van der Waals surface area contributed by atoms with Crippen LogP contribution in [0.25, 0.3) is 0 Å². The largest absolute Gasteiger partial charge is 0.457 e. The first-order chi connectivity index (χ1) is 20.5. The fourth-order valence-corrected chi connectivity index (χ4v) is 8.72. The van der Waals surface area contributed by atoms with Gasteiger partial charge < -0.3 is 24.4 Å². The number of urea groups is 1. The summed E-state index contributed by atoms with van der Waals surface area (Å²) in [6.45, 7) is 4.05. The van der Waals surface area contributed by atoms with Crippen molar-refractivity contribution in [2.75, 3.05) is 19.6 Å². The maximum atomic E-state index is 14.1. The zero-order chi connectivity index (χ0) is 28.7. The second-order valence-corrected chi connectivity index (χ2v) is 13.2. The van der Waals surface area contributed by atoms with Gasteiger partial charge in [0.15, 0.2) is 0 Å². The molecule has 2 heterocycles. The Kier molecular flexibility index (Phi) is 7.20. The van der Waals surface area contributed by atoms with Crippen molar-refractivity contribution in [1.82, 2.24) is 19.7 Å². The molecule has 1 aromatic heterocycles. The highest BCUT2D eigenvalue weighted by Crippen LogP contribution is 2.55. The Morgan fingerprint density at radius 1 is 0.905 bits per heavy atom. The molecule has 4 aliphatic carbocycles. The number of carbonyl (C=O) groups is 2. The summed E-state index contributed by atoms with van der Waals surface area (Å²) in [6, 6.07) is 21.6. The first kappa shape index (κ1) is 27.1. The summed E-state index contributed by atoms with van der Waals surface area (Å²) in [5.41, 5.74) is 2.00. The van der Waals surface area contributed by atoms with Crippen LogP contribution < -0.4 is 10.1 Å². The van der Waals surface area contributed by atoms with Crippen molar-refractivity contribution in [2.45, 2.75) is 70.0 Å². The van der Waals surface area contributed by atoms with Crippen molar-refractivity contribution in [3.8, 4) is 11.5 Å². The number of hydrogen-bond donors (Lipinski definition) is 1. The molecule has 4 bridgehead atoms. The first-order valence-corrected chi connectivity index (χ1v) is 15.8. The third-order valence-corrected chi connectivity index (χ3v) is 10.0. The van der Waals surface area contributed by atoms with Gasteiger partial charge >= 0.3 is 6.03 Å². The van der Waals surface area contributed by atoms with E-state index in [1.165, 1.54) is 19.3 Å². The predicted octanol–water partition coefficient (Wildman–Crippen LogP) is 6.60. The molecule has 5 aliphatic rings. The molecule has 0 saturated heterocycles. The molecule has 3 aromatic rings. The van der Waals surface area contributed by atoms with E-state index >= 15 is 0 Å². The van der Waals surface area contributed by atoms with Crippen LogP contribution in [0.5, 0.6) is 11.5 Å². The molecular formula is C35H42N4O3. The van der Waals surface area contributed by atoms with Crippen LogP contribution in [0.1, 0.15) is 69.2 Å². The number of carbonyl (C=O) groups excluding carboxylic acids is 2. The van der Waals surface area contributed by atoms with Crippen LogP contribution in [0, 0.1) is 17.8 Å². The second kappa shape index (κ2) is 11.2. The average Bonchev–Trinajstić information content (AvgIpc) is 3.45. The van der Waals surface area contributed by atoms with Crippen LogP contribution in [0.15, 0.2) is 72.9 Å². The van der Waals surface area contributed by atoms with Crippen LogP contribution in [-0.2, 0) is 11.3 Å². The number of amides is 3. The molecule has 4 fully saturated rings. The number of para-hydroxylation sites is 1. The van der Waals surface area contributed by atoms with E-state index in [4.69, 9.17) is 4.74 Å². The number of aromatic nitrogens is 1. The van der Waals surface area contributed by atoms with Gasteiger partial charge in [-0.2, -0.15) is 0 Å². The van der Waals surface area contributed by atoms with Gasteiger partial charge in [-0.05, 0) is 105 Å². The van der Waals surface area contributed by atoms with Crippen LogP contribution >= 0.6 is 0 Å². The molecule has 7 nitrogen and oxygen atoms in total. The Bertz CT molecular complexity index is 1400. The molecule has 8 rings (SSSR count). The lowest BCUT2D eigenvalue weighted by Crippen LogP contribution is -2.62. The van der Waals surface area contributed by atoms with Gasteiger partial charge in [-0.25, -0.2) is 4.79 Å². The summed E-state index contributed by atoms with van der Waals surface area (Å²) in [7, 11) is 0. The molecule has 0 unspecified atom stereocenters. The Balaban J connectivity index is 1.11. The molecular weight excluding hydrogens is 524 g/mol. The molecule has 42 heavy (non-hydrogen) atoms.